The Kier molecular flexibility index (Phi) is 4.76. The molecule has 2 rings (SSSR count). The lowest BCUT2D eigenvalue weighted by atomic mass is 9.88. The van der Waals surface area contributed by atoms with E-state index in [1.807, 2.05) is 19.2 Å². The Morgan fingerprint density at radius 1 is 1.00 bits per heavy atom. The first-order chi connectivity index (χ1) is 9.68. The van der Waals surface area contributed by atoms with Crippen molar-refractivity contribution in [3.8, 4) is 0 Å². The Labute approximate surface area is 128 Å². The van der Waals surface area contributed by atoms with Gasteiger partial charge in [-0.2, -0.15) is 4.31 Å². The monoisotopic (exact) mass is 310 g/mol. The highest BCUT2D eigenvalue weighted by atomic mass is 32.2. The molecule has 0 atom stereocenters. The predicted molar refractivity (Wildman–Crippen MR) is 85.9 cm³/mol. The highest BCUT2D eigenvalue weighted by Gasteiger charge is 2.27. The molecular formula is C16H26N2O2S. The Hall–Kier alpha value is -0.910. The van der Waals surface area contributed by atoms with E-state index >= 15 is 0 Å². The van der Waals surface area contributed by atoms with Crippen molar-refractivity contribution < 1.29 is 8.42 Å². The predicted octanol–water partition coefficient (Wildman–Crippen LogP) is 2.21. The van der Waals surface area contributed by atoms with E-state index in [2.05, 4.69) is 25.7 Å². The molecule has 1 saturated heterocycles. The van der Waals surface area contributed by atoms with Gasteiger partial charge in [0.15, 0.2) is 0 Å². The fraction of sp³-hybridized carbons (Fsp3) is 0.625. The quantitative estimate of drug-likeness (QED) is 0.859. The zero-order valence-electron chi connectivity index (χ0n) is 13.5. The van der Waals surface area contributed by atoms with E-state index in [0.29, 0.717) is 18.0 Å². The summed E-state index contributed by atoms with van der Waals surface area (Å²) in [5.74, 6) is 0. The highest BCUT2D eigenvalue weighted by molar-refractivity contribution is 7.89. The van der Waals surface area contributed by atoms with Crippen LogP contribution in [0, 0.1) is 5.41 Å². The van der Waals surface area contributed by atoms with Crippen molar-refractivity contribution >= 4 is 10.0 Å². The molecule has 1 aliphatic rings. The van der Waals surface area contributed by atoms with E-state index in [0.717, 1.165) is 19.5 Å². The summed E-state index contributed by atoms with van der Waals surface area (Å²) in [7, 11) is -1.32. The fourth-order valence-corrected chi connectivity index (χ4v) is 3.99. The molecule has 1 fully saturated rings. The lowest BCUT2D eigenvalue weighted by Crippen LogP contribution is -2.46. The van der Waals surface area contributed by atoms with Crippen LogP contribution in [0.4, 0.5) is 0 Å². The van der Waals surface area contributed by atoms with Crippen molar-refractivity contribution in [2.75, 3.05) is 33.2 Å². The molecular weight excluding hydrogens is 284 g/mol. The molecule has 21 heavy (non-hydrogen) atoms. The third-order valence-corrected chi connectivity index (χ3v) is 5.67. The molecule has 5 heteroatoms. The average molecular weight is 310 g/mol. The number of sulfonamides is 1. The minimum Gasteiger partial charge on any atom is -0.304 e. The molecule has 0 aromatic heterocycles. The van der Waals surface area contributed by atoms with Crippen molar-refractivity contribution in [1.82, 2.24) is 9.21 Å². The lowest BCUT2D eigenvalue weighted by molar-refractivity contribution is 0.222. The molecule has 1 aliphatic heterocycles. The molecule has 0 aliphatic carbocycles. The van der Waals surface area contributed by atoms with E-state index in [-0.39, 0.29) is 5.41 Å². The molecule has 0 unspecified atom stereocenters. The second-order valence-corrected chi connectivity index (χ2v) is 9.03. The zero-order chi connectivity index (χ0) is 15.7. The van der Waals surface area contributed by atoms with Crippen molar-refractivity contribution in [3.63, 3.8) is 0 Å². The Bertz CT molecular complexity index is 565. The van der Waals surface area contributed by atoms with E-state index in [1.165, 1.54) is 5.56 Å². The van der Waals surface area contributed by atoms with Crippen molar-refractivity contribution in [3.05, 3.63) is 29.8 Å². The van der Waals surface area contributed by atoms with Gasteiger partial charge in [-0.25, -0.2) is 8.42 Å². The van der Waals surface area contributed by atoms with Gasteiger partial charge in [-0.05, 0) is 36.6 Å². The topological polar surface area (TPSA) is 40.6 Å². The zero-order valence-corrected chi connectivity index (χ0v) is 14.3. The van der Waals surface area contributed by atoms with Crippen LogP contribution in [0.25, 0.3) is 0 Å². The molecule has 1 heterocycles. The fourth-order valence-electron chi connectivity index (χ4n) is 2.57. The van der Waals surface area contributed by atoms with Crippen LogP contribution >= 0.6 is 0 Å². The maximum Gasteiger partial charge on any atom is 0.243 e. The van der Waals surface area contributed by atoms with Gasteiger partial charge >= 0.3 is 0 Å². The largest absolute Gasteiger partial charge is 0.304 e. The van der Waals surface area contributed by atoms with E-state index in [1.54, 1.807) is 16.4 Å². The first-order valence-electron chi connectivity index (χ1n) is 7.46. The molecule has 1 aromatic carbocycles. The molecule has 0 amide bonds. The summed E-state index contributed by atoms with van der Waals surface area (Å²) in [5.41, 5.74) is 1.39. The summed E-state index contributed by atoms with van der Waals surface area (Å²) in [5, 5.41) is 0. The summed E-state index contributed by atoms with van der Waals surface area (Å²) in [6.07, 6.45) is 0.946. The number of hydrogen-bond acceptors (Lipinski definition) is 3. The second-order valence-electron chi connectivity index (χ2n) is 7.09. The number of piperazine rings is 1. The van der Waals surface area contributed by atoms with Gasteiger partial charge in [0.2, 0.25) is 10.0 Å². The maximum absolute atomic E-state index is 12.6. The Balaban J connectivity index is 2.14. The van der Waals surface area contributed by atoms with Gasteiger partial charge in [0.1, 0.15) is 0 Å². The molecule has 0 saturated carbocycles. The Morgan fingerprint density at radius 2 is 1.52 bits per heavy atom. The van der Waals surface area contributed by atoms with Crippen LogP contribution in [0.2, 0.25) is 0 Å². The van der Waals surface area contributed by atoms with E-state index in [9.17, 15) is 8.42 Å². The standard InChI is InChI=1S/C16H26N2O2S/c1-16(2,3)13-14-5-7-15(8-6-14)21(19,20)18-11-9-17(4)10-12-18/h5-8H,9-13H2,1-4H3. The first-order valence-corrected chi connectivity index (χ1v) is 8.90. The van der Waals surface area contributed by atoms with Crippen LogP contribution in [-0.2, 0) is 16.4 Å². The van der Waals surface area contributed by atoms with Gasteiger partial charge < -0.3 is 4.90 Å². The highest BCUT2D eigenvalue weighted by Crippen LogP contribution is 2.23. The molecule has 0 spiro atoms. The van der Waals surface area contributed by atoms with E-state index < -0.39 is 10.0 Å². The van der Waals surface area contributed by atoms with Crippen LogP contribution in [0.5, 0.6) is 0 Å². The normalized spacial score (nSPS) is 18.9. The first kappa shape index (κ1) is 16.5. The molecule has 0 radical (unpaired) electrons. The van der Waals surface area contributed by atoms with Crippen molar-refractivity contribution in [2.24, 2.45) is 5.41 Å². The molecule has 4 nitrogen and oxygen atoms in total. The summed E-state index contributed by atoms with van der Waals surface area (Å²) >= 11 is 0. The van der Waals surface area contributed by atoms with Gasteiger partial charge in [-0.1, -0.05) is 32.9 Å². The summed E-state index contributed by atoms with van der Waals surface area (Å²) in [4.78, 5) is 2.56. The number of hydrogen-bond donors (Lipinski definition) is 0. The third-order valence-electron chi connectivity index (χ3n) is 3.76. The number of rotatable bonds is 3. The molecule has 0 N–H and O–H groups in total. The maximum atomic E-state index is 12.6. The van der Waals surface area contributed by atoms with Crippen LogP contribution in [0.1, 0.15) is 26.3 Å². The van der Waals surface area contributed by atoms with Crippen molar-refractivity contribution in [1.29, 1.82) is 0 Å². The summed E-state index contributed by atoms with van der Waals surface area (Å²) in [6, 6.07) is 7.37. The van der Waals surface area contributed by atoms with Crippen LogP contribution < -0.4 is 0 Å². The number of benzene rings is 1. The number of likely N-dealkylation sites (N-methyl/N-ethyl adjacent to an activating group) is 1. The van der Waals surface area contributed by atoms with Gasteiger partial charge in [0.05, 0.1) is 4.90 Å². The van der Waals surface area contributed by atoms with E-state index in [4.69, 9.17) is 0 Å². The van der Waals surface area contributed by atoms with Gasteiger partial charge in [-0.3, -0.25) is 0 Å². The van der Waals surface area contributed by atoms with Crippen LogP contribution in [0.15, 0.2) is 29.2 Å². The number of nitrogens with zero attached hydrogens (tertiary/aromatic N) is 2. The van der Waals surface area contributed by atoms with Gasteiger partial charge in [-0.15, -0.1) is 0 Å². The minimum absolute atomic E-state index is 0.206. The minimum atomic E-state index is -3.34. The van der Waals surface area contributed by atoms with Crippen molar-refractivity contribution in [2.45, 2.75) is 32.1 Å². The van der Waals surface area contributed by atoms with Gasteiger partial charge in [0.25, 0.3) is 0 Å². The average Bonchev–Trinajstić information content (AvgIpc) is 2.38. The third kappa shape index (κ3) is 4.28. The van der Waals surface area contributed by atoms with Crippen LogP contribution in [-0.4, -0.2) is 50.8 Å². The molecule has 1 aromatic rings. The molecule has 0 bridgehead atoms. The Morgan fingerprint density at radius 3 is 2.00 bits per heavy atom. The summed E-state index contributed by atoms with van der Waals surface area (Å²) in [6.45, 7) is 9.28. The second kappa shape index (κ2) is 6.07. The van der Waals surface area contributed by atoms with Gasteiger partial charge in [0, 0.05) is 26.2 Å². The smallest absolute Gasteiger partial charge is 0.243 e. The summed E-state index contributed by atoms with van der Waals surface area (Å²) < 4.78 is 26.8. The SMILES string of the molecule is CN1CCN(S(=O)(=O)c2ccc(CC(C)(C)C)cc2)CC1. The van der Waals surface area contributed by atoms with Crippen LogP contribution in [0.3, 0.4) is 0 Å². The molecule has 118 valence electrons. The lowest BCUT2D eigenvalue weighted by Gasteiger charge is -2.31.